The quantitative estimate of drug-likeness (QED) is 0.861. The van der Waals surface area contributed by atoms with Gasteiger partial charge in [0.1, 0.15) is 11.6 Å². The van der Waals surface area contributed by atoms with Crippen molar-refractivity contribution in [1.29, 1.82) is 0 Å². The number of ether oxygens (including phenoxy) is 1. The summed E-state index contributed by atoms with van der Waals surface area (Å²) in [5.74, 6) is -1.47. The third-order valence-electron chi connectivity index (χ3n) is 3.98. The highest BCUT2D eigenvalue weighted by atomic mass is 19.1. The van der Waals surface area contributed by atoms with E-state index in [-0.39, 0.29) is 12.3 Å². The van der Waals surface area contributed by atoms with Gasteiger partial charge in [0.2, 0.25) is 0 Å². The van der Waals surface area contributed by atoms with Crippen molar-refractivity contribution in [3.63, 3.8) is 0 Å². The van der Waals surface area contributed by atoms with Crippen LogP contribution >= 0.6 is 0 Å². The van der Waals surface area contributed by atoms with E-state index in [9.17, 15) is 14.3 Å². The van der Waals surface area contributed by atoms with Gasteiger partial charge < -0.3 is 9.84 Å². The maximum Gasteiger partial charge on any atom is 0.311 e. The summed E-state index contributed by atoms with van der Waals surface area (Å²) in [6, 6.07) is 11.8. The molecule has 0 fully saturated rings. The predicted octanol–water partition coefficient (Wildman–Crippen LogP) is 4.37. The summed E-state index contributed by atoms with van der Waals surface area (Å²) in [7, 11) is 1.51. The van der Waals surface area contributed by atoms with Crippen LogP contribution in [0.2, 0.25) is 0 Å². The number of carbonyl (C=O) groups is 1. The molecule has 0 bridgehead atoms. The lowest BCUT2D eigenvalue weighted by Crippen LogP contribution is -2.16. The Balaban J connectivity index is 2.47. The lowest BCUT2D eigenvalue weighted by atomic mass is 9.88. The molecule has 23 heavy (non-hydrogen) atoms. The van der Waals surface area contributed by atoms with E-state index in [4.69, 9.17) is 4.74 Å². The lowest BCUT2D eigenvalue weighted by molar-refractivity contribution is -0.138. The van der Waals surface area contributed by atoms with E-state index in [1.807, 2.05) is 26.0 Å². The van der Waals surface area contributed by atoms with Gasteiger partial charge in [0.15, 0.2) is 0 Å². The molecule has 1 N–H and O–H groups in total. The van der Waals surface area contributed by atoms with Gasteiger partial charge in [-0.05, 0) is 35.6 Å². The zero-order valence-electron chi connectivity index (χ0n) is 13.5. The van der Waals surface area contributed by atoms with E-state index >= 15 is 0 Å². The van der Waals surface area contributed by atoms with Crippen molar-refractivity contribution in [2.75, 3.05) is 7.11 Å². The van der Waals surface area contributed by atoms with E-state index in [0.717, 1.165) is 5.56 Å². The van der Waals surface area contributed by atoms with Crippen molar-refractivity contribution >= 4 is 5.97 Å². The zero-order chi connectivity index (χ0) is 17.0. The molecule has 4 heteroatoms. The second-order valence-corrected chi connectivity index (χ2v) is 5.84. The van der Waals surface area contributed by atoms with Crippen molar-refractivity contribution in [1.82, 2.24) is 0 Å². The van der Waals surface area contributed by atoms with Crippen LogP contribution < -0.4 is 4.74 Å². The number of hydrogen-bond donors (Lipinski definition) is 1. The molecule has 1 unspecified atom stereocenters. The summed E-state index contributed by atoms with van der Waals surface area (Å²) >= 11 is 0. The Morgan fingerprint density at radius 3 is 2.48 bits per heavy atom. The normalized spacial score (nSPS) is 12.2. The average molecular weight is 316 g/mol. The molecule has 0 radical (unpaired) electrons. The maximum atomic E-state index is 13.9. The summed E-state index contributed by atoms with van der Waals surface area (Å²) in [5, 5.41) is 9.65. The molecule has 0 spiro atoms. The molecule has 0 saturated carbocycles. The lowest BCUT2D eigenvalue weighted by Gasteiger charge is -2.19. The SMILES string of the molecule is COc1ccc(C(C)C)cc1C(Cc1ccccc1F)C(=O)O. The summed E-state index contributed by atoms with van der Waals surface area (Å²) in [5.41, 5.74) is 1.99. The van der Waals surface area contributed by atoms with E-state index in [1.54, 1.807) is 24.3 Å². The monoisotopic (exact) mass is 316 g/mol. The first-order valence-electron chi connectivity index (χ1n) is 7.58. The van der Waals surface area contributed by atoms with Gasteiger partial charge in [-0.3, -0.25) is 4.79 Å². The Bertz CT molecular complexity index is 695. The first-order valence-corrected chi connectivity index (χ1v) is 7.58. The molecule has 2 aromatic rings. The first kappa shape index (κ1) is 17.0. The van der Waals surface area contributed by atoms with Crippen molar-refractivity contribution in [3.05, 3.63) is 65.0 Å². The van der Waals surface area contributed by atoms with Gasteiger partial charge in [-0.15, -0.1) is 0 Å². The number of halogens is 1. The van der Waals surface area contributed by atoms with Crippen LogP contribution in [0.1, 0.15) is 42.4 Å². The molecular formula is C19H21FO3. The standard InChI is InChI=1S/C19H21FO3/c1-12(2)13-8-9-18(23-3)15(10-13)16(19(21)22)11-14-6-4-5-7-17(14)20/h4-10,12,16H,11H2,1-3H3,(H,21,22). The number of aliphatic carboxylic acids is 1. The van der Waals surface area contributed by atoms with Crippen molar-refractivity contribution in [3.8, 4) is 5.75 Å². The summed E-state index contributed by atoms with van der Waals surface area (Å²) in [4.78, 5) is 11.8. The fraction of sp³-hybridized carbons (Fsp3) is 0.316. The van der Waals surface area contributed by atoms with Crippen LogP contribution in [0, 0.1) is 5.82 Å². The van der Waals surface area contributed by atoms with Crippen LogP contribution in [0.3, 0.4) is 0 Å². The van der Waals surface area contributed by atoms with Crippen LogP contribution in [-0.4, -0.2) is 18.2 Å². The van der Waals surface area contributed by atoms with Gasteiger partial charge in [-0.1, -0.05) is 44.2 Å². The van der Waals surface area contributed by atoms with Gasteiger partial charge in [-0.25, -0.2) is 4.39 Å². The Kier molecular flexibility index (Phi) is 5.37. The van der Waals surface area contributed by atoms with Crippen molar-refractivity contribution < 1.29 is 19.0 Å². The Morgan fingerprint density at radius 1 is 1.22 bits per heavy atom. The minimum atomic E-state index is -0.993. The summed E-state index contributed by atoms with van der Waals surface area (Å²) < 4.78 is 19.2. The van der Waals surface area contributed by atoms with Crippen molar-refractivity contribution in [2.45, 2.75) is 32.1 Å². The molecule has 0 amide bonds. The van der Waals surface area contributed by atoms with Crippen LogP contribution in [0.5, 0.6) is 5.75 Å². The minimum Gasteiger partial charge on any atom is -0.496 e. The Hall–Kier alpha value is -2.36. The Labute approximate surface area is 135 Å². The first-order chi connectivity index (χ1) is 10.9. The van der Waals surface area contributed by atoms with E-state index < -0.39 is 17.7 Å². The molecule has 0 aliphatic carbocycles. The molecule has 0 aliphatic rings. The fourth-order valence-electron chi connectivity index (χ4n) is 2.60. The maximum absolute atomic E-state index is 13.9. The molecule has 3 nitrogen and oxygen atoms in total. The molecule has 122 valence electrons. The highest BCUT2D eigenvalue weighted by molar-refractivity contribution is 5.78. The fourth-order valence-corrected chi connectivity index (χ4v) is 2.60. The molecule has 0 aromatic heterocycles. The van der Waals surface area contributed by atoms with Gasteiger partial charge in [0, 0.05) is 5.56 Å². The highest BCUT2D eigenvalue weighted by Crippen LogP contribution is 2.33. The summed E-state index contributed by atoms with van der Waals surface area (Å²) in [6.07, 6.45) is 0.0832. The molecule has 0 aliphatic heterocycles. The predicted molar refractivity (Wildman–Crippen MR) is 87.6 cm³/mol. The number of hydrogen-bond acceptors (Lipinski definition) is 2. The van der Waals surface area contributed by atoms with E-state index in [0.29, 0.717) is 16.9 Å². The molecule has 2 rings (SSSR count). The van der Waals surface area contributed by atoms with Gasteiger partial charge in [0.05, 0.1) is 13.0 Å². The second kappa shape index (κ2) is 7.27. The number of methoxy groups -OCH3 is 1. The third kappa shape index (κ3) is 3.89. The number of rotatable bonds is 6. The number of carboxylic acid groups (broad SMARTS) is 1. The number of carboxylic acids is 1. The van der Waals surface area contributed by atoms with Gasteiger partial charge in [-0.2, -0.15) is 0 Å². The zero-order valence-corrected chi connectivity index (χ0v) is 13.5. The summed E-state index contributed by atoms with van der Waals surface area (Å²) in [6.45, 7) is 4.08. The molecular weight excluding hydrogens is 295 g/mol. The molecule has 2 aromatic carbocycles. The van der Waals surface area contributed by atoms with Gasteiger partial charge >= 0.3 is 5.97 Å². The van der Waals surface area contributed by atoms with E-state index in [2.05, 4.69) is 0 Å². The molecule has 0 saturated heterocycles. The average Bonchev–Trinajstić information content (AvgIpc) is 2.53. The largest absolute Gasteiger partial charge is 0.496 e. The molecule has 1 atom stereocenters. The van der Waals surface area contributed by atoms with Gasteiger partial charge in [0.25, 0.3) is 0 Å². The topological polar surface area (TPSA) is 46.5 Å². The second-order valence-electron chi connectivity index (χ2n) is 5.84. The highest BCUT2D eigenvalue weighted by Gasteiger charge is 2.25. The third-order valence-corrected chi connectivity index (χ3v) is 3.98. The number of benzene rings is 2. The van der Waals surface area contributed by atoms with Crippen molar-refractivity contribution in [2.24, 2.45) is 0 Å². The van der Waals surface area contributed by atoms with Crippen LogP contribution in [-0.2, 0) is 11.2 Å². The molecule has 0 heterocycles. The van der Waals surface area contributed by atoms with Crippen LogP contribution in [0.25, 0.3) is 0 Å². The van der Waals surface area contributed by atoms with Crippen LogP contribution in [0.4, 0.5) is 4.39 Å². The Morgan fingerprint density at radius 2 is 1.91 bits per heavy atom. The smallest absolute Gasteiger partial charge is 0.311 e. The van der Waals surface area contributed by atoms with E-state index in [1.165, 1.54) is 13.2 Å². The van der Waals surface area contributed by atoms with Crippen LogP contribution in [0.15, 0.2) is 42.5 Å². The minimum absolute atomic E-state index is 0.0832.